The molecule has 0 aliphatic carbocycles. The van der Waals surface area contributed by atoms with Gasteiger partial charge in [0.2, 0.25) is 5.88 Å². The topological polar surface area (TPSA) is 103 Å². The molecule has 40 heavy (non-hydrogen) atoms. The number of anilines is 1. The average molecular weight is 534 g/mol. The number of aliphatic hydroxyl groups is 1. The zero-order chi connectivity index (χ0) is 27.9. The maximum Gasteiger partial charge on any atom is 0.212 e. The fourth-order valence-electron chi connectivity index (χ4n) is 5.56. The predicted molar refractivity (Wildman–Crippen MR) is 152 cm³/mol. The lowest BCUT2D eigenvalue weighted by molar-refractivity contribution is -0.00876. The molecule has 9 heteroatoms. The minimum absolute atomic E-state index is 0.353. The molecule has 1 N–H and O–H groups in total. The summed E-state index contributed by atoms with van der Waals surface area (Å²) in [5.41, 5.74) is 4.06. The normalized spacial score (nSPS) is 18.5. The van der Waals surface area contributed by atoms with E-state index in [-0.39, 0.29) is 0 Å². The molecular formula is C31H31N7O2. The first-order valence-corrected chi connectivity index (χ1v) is 13.4. The monoisotopic (exact) mass is 533 g/mol. The minimum Gasteiger partial charge on any atom is -0.481 e. The Kier molecular flexibility index (Phi) is 6.63. The third-order valence-electron chi connectivity index (χ3n) is 7.59. The number of ether oxygens (including phenoxy) is 1. The van der Waals surface area contributed by atoms with Gasteiger partial charge in [0, 0.05) is 79.5 Å². The number of pyridine rings is 3. The van der Waals surface area contributed by atoms with Gasteiger partial charge in [-0.05, 0) is 44.0 Å². The molecule has 0 amide bonds. The first-order chi connectivity index (χ1) is 19.3. The van der Waals surface area contributed by atoms with Gasteiger partial charge in [-0.3, -0.25) is 4.90 Å². The average Bonchev–Trinajstić information content (AvgIpc) is 3.38. The first-order valence-electron chi connectivity index (χ1n) is 13.4. The van der Waals surface area contributed by atoms with Gasteiger partial charge in [0.1, 0.15) is 11.9 Å². The summed E-state index contributed by atoms with van der Waals surface area (Å²) in [6.45, 7) is 6.23. The highest BCUT2D eigenvalue weighted by Gasteiger charge is 2.44. The summed E-state index contributed by atoms with van der Waals surface area (Å²) in [5.74, 6) is 7.77. The number of hydrogen-bond acceptors (Lipinski definition) is 8. The summed E-state index contributed by atoms with van der Waals surface area (Å²) in [5, 5.41) is 24.1. The van der Waals surface area contributed by atoms with Gasteiger partial charge in [0.15, 0.2) is 0 Å². The van der Waals surface area contributed by atoms with E-state index < -0.39 is 5.60 Å². The van der Waals surface area contributed by atoms with E-state index in [0.29, 0.717) is 29.9 Å². The fourth-order valence-corrected chi connectivity index (χ4v) is 5.56. The van der Waals surface area contributed by atoms with Gasteiger partial charge in [0.25, 0.3) is 0 Å². The number of nitrogens with zero attached hydrogens (tertiary/aromatic N) is 7. The maximum absolute atomic E-state index is 10.0. The number of piperazine rings is 1. The number of rotatable bonds is 6. The Hall–Kier alpha value is -4.44. The molecule has 3 aliphatic rings. The molecule has 3 saturated heterocycles. The summed E-state index contributed by atoms with van der Waals surface area (Å²) >= 11 is 0. The molecule has 0 radical (unpaired) electrons. The Labute approximate surface area is 233 Å². The molecule has 7 heterocycles. The predicted octanol–water partition coefficient (Wildman–Crippen LogP) is 3.65. The molecule has 2 bridgehead atoms. The lowest BCUT2D eigenvalue weighted by Crippen LogP contribution is -2.68. The van der Waals surface area contributed by atoms with Crippen molar-refractivity contribution in [3.63, 3.8) is 0 Å². The van der Waals surface area contributed by atoms with Crippen LogP contribution in [0.5, 0.6) is 5.88 Å². The van der Waals surface area contributed by atoms with Gasteiger partial charge in [-0.2, -0.15) is 10.4 Å². The second kappa shape index (κ2) is 10.3. The SMILES string of the molecule is COc1ccc(CN2C3CC2CN(c2ccc(-c4cc(C#CCC(C)(C)O)cn5ncc(C#N)c45)cn2)C3)cn1. The van der Waals surface area contributed by atoms with Crippen molar-refractivity contribution in [1.29, 1.82) is 5.26 Å². The van der Waals surface area contributed by atoms with Crippen molar-refractivity contribution in [2.24, 2.45) is 0 Å². The largest absolute Gasteiger partial charge is 0.481 e. The number of fused-ring (bicyclic) bond motifs is 3. The standard InChI is InChI=1S/C31H31N7O2/c1-31(2,39)10-4-5-21-11-27(30-24(13-32)16-35-38(30)18-21)23-7-8-28(33-15-23)36-19-25-12-26(20-36)37(25)17-22-6-9-29(40-3)34-14-22/h6-9,11,14-16,18,25-26,39H,10,12,17,19-20H2,1-3H3. The second-order valence-electron chi connectivity index (χ2n) is 11.1. The molecule has 0 saturated carbocycles. The number of aromatic nitrogens is 4. The maximum atomic E-state index is 10.0. The van der Waals surface area contributed by atoms with Crippen LogP contribution in [0.2, 0.25) is 0 Å². The second-order valence-corrected chi connectivity index (χ2v) is 11.1. The zero-order valence-corrected chi connectivity index (χ0v) is 22.9. The first kappa shape index (κ1) is 25.8. The van der Waals surface area contributed by atoms with E-state index in [2.05, 4.69) is 56.0 Å². The molecule has 2 atom stereocenters. The van der Waals surface area contributed by atoms with Crippen LogP contribution in [0, 0.1) is 23.2 Å². The molecule has 0 spiro atoms. The van der Waals surface area contributed by atoms with Gasteiger partial charge >= 0.3 is 0 Å². The highest BCUT2D eigenvalue weighted by atomic mass is 16.5. The summed E-state index contributed by atoms with van der Waals surface area (Å²) in [6, 6.07) is 13.3. The van der Waals surface area contributed by atoms with Crippen LogP contribution in [0.15, 0.2) is 55.1 Å². The van der Waals surface area contributed by atoms with Crippen molar-refractivity contribution in [1.82, 2.24) is 24.5 Å². The van der Waals surface area contributed by atoms with E-state index in [0.717, 1.165) is 47.7 Å². The van der Waals surface area contributed by atoms with E-state index >= 15 is 0 Å². The van der Waals surface area contributed by atoms with Gasteiger partial charge in [0.05, 0.1) is 30.0 Å². The van der Waals surface area contributed by atoms with Crippen molar-refractivity contribution in [3.8, 4) is 34.9 Å². The molecule has 202 valence electrons. The lowest BCUT2D eigenvalue weighted by atomic mass is 9.87. The van der Waals surface area contributed by atoms with Crippen LogP contribution < -0.4 is 9.64 Å². The van der Waals surface area contributed by atoms with Crippen molar-refractivity contribution in [2.45, 2.75) is 50.9 Å². The highest BCUT2D eigenvalue weighted by Crippen LogP contribution is 2.36. The molecule has 0 aromatic carbocycles. The molecule has 3 fully saturated rings. The third-order valence-corrected chi connectivity index (χ3v) is 7.59. The molecule has 4 aromatic heterocycles. The van der Waals surface area contributed by atoms with E-state index in [9.17, 15) is 10.4 Å². The molecule has 2 unspecified atom stereocenters. The van der Waals surface area contributed by atoms with Gasteiger partial charge in [-0.15, -0.1) is 0 Å². The Morgan fingerprint density at radius 3 is 2.58 bits per heavy atom. The number of hydrogen-bond donors (Lipinski definition) is 1. The fraction of sp³-hybridized carbons (Fsp3) is 0.355. The highest BCUT2D eigenvalue weighted by molar-refractivity contribution is 5.85. The summed E-state index contributed by atoms with van der Waals surface area (Å²) in [4.78, 5) is 14.1. The number of nitriles is 1. The van der Waals surface area contributed by atoms with Gasteiger partial charge < -0.3 is 14.7 Å². The zero-order valence-electron chi connectivity index (χ0n) is 22.9. The van der Waals surface area contributed by atoms with E-state index in [1.54, 1.807) is 31.7 Å². The van der Waals surface area contributed by atoms with Crippen LogP contribution in [0.1, 0.15) is 43.4 Å². The Morgan fingerprint density at radius 1 is 1.10 bits per heavy atom. The smallest absolute Gasteiger partial charge is 0.212 e. The third kappa shape index (κ3) is 5.10. The number of methoxy groups -OCH3 is 1. The van der Waals surface area contributed by atoms with Crippen LogP contribution in [-0.2, 0) is 6.54 Å². The van der Waals surface area contributed by atoms with Crippen molar-refractivity contribution in [2.75, 3.05) is 25.1 Å². The van der Waals surface area contributed by atoms with Crippen molar-refractivity contribution in [3.05, 3.63) is 71.8 Å². The summed E-state index contributed by atoms with van der Waals surface area (Å²) < 4.78 is 6.87. The van der Waals surface area contributed by atoms with Crippen LogP contribution in [-0.4, -0.2) is 67.5 Å². The molecule has 4 aromatic rings. The van der Waals surface area contributed by atoms with Crippen LogP contribution in [0.3, 0.4) is 0 Å². The Morgan fingerprint density at radius 2 is 1.93 bits per heavy atom. The van der Waals surface area contributed by atoms with Gasteiger partial charge in [-0.1, -0.05) is 17.9 Å². The lowest BCUT2D eigenvalue weighted by Gasteiger charge is -2.56. The minimum atomic E-state index is -0.863. The summed E-state index contributed by atoms with van der Waals surface area (Å²) in [6.07, 6.45) is 8.71. The molecule has 7 rings (SSSR count). The molecule has 9 nitrogen and oxygen atoms in total. The molecular weight excluding hydrogens is 502 g/mol. The van der Waals surface area contributed by atoms with E-state index in [1.165, 1.54) is 12.0 Å². The Balaban J connectivity index is 1.20. The Bertz CT molecular complexity index is 1620. The van der Waals surface area contributed by atoms with Crippen LogP contribution >= 0.6 is 0 Å². The van der Waals surface area contributed by atoms with Crippen LogP contribution in [0.25, 0.3) is 16.6 Å². The van der Waals surface area contributed by atoms with Crippen LogP contribution in [0.4, 0.5) is 5.82 Å². The quantitative estimate of drug-likeness (QED) is 0.375. The number of piperidine rings is 1. The van der Waals surface area contributed by atoms with Crippen molar-refractivity contribution >= 4 is 11.3 Å². The summed E-state index contributed by atoms with van der Waals surface area (Å²) in [7, 11) is 1.63. The van der Waals surface area contributed by atoms with E-state index in [1.807, 2.05) is 30.7 Å². The van der Waals surface area contributed by atoms with Crippen molar-refractivity contribution < 1.29 is 9.84 Å². The van der Waals surface area contributed by atoms with Gasteiger partial charge in [-0.25, -0.2) is 14.5 Å². The molecule has 3 aliphatic heterocycles. The van der Waals surface area contributed by atoms with E-state index in [4.69, 9.17) is 9.72 Å².